The number of esters is 2. The van der Waals surface area contributed by atoms with Crippen molar-refractivity contribution in [2.75, 3.05) is 134 Å². The van der Waals surface area contributed by atoms with E-state index in [0.29, 0.717) is 34.1 Å². The average molecular weight is 1190 g/mol. The first-order valence-electron chi connectivity index (χ1n) is 30.5. The van der Waals surface area contributed by atoms with E-state index in [1.54, 1.807) is 24.3 Å². The first-order valence-corrected chi connectivity index (χ1v) is 30.5. The number of nitrogens with one attached hydrogen (secondary N) is 2. The molecule has 12 rings (SSSR count). The summed E-state index contributed by atoms with van der Waals surface area (Å²) < 4.78 is 56.7. The molecule has 4 fully saturated rings. The summed E-state index contributed by atoms with van der Waals surface area (Å²) in [6.07, 6.45) is 9.69. The van der Waals surface area contributed by atoms with Crippen molar-refractivity contribution in [2.45, 2.75) is 75.3 Å². The van der Waals surface area contributed by atoms with Gasteiger partial charge in [-0.05, 0) is 108 Å². The molecule has 4 N–H and O–H groups in total. The Morgan fingerprint density at radius 3 is 1.10 bits per heavy atom. The molecule has 2 aliphatic carbocycles. The van der Waals surface area contributed by atoms with E-state index in [0.717, 1.165) is 101 Å². The molecule has 4 aromatic carbocycles. The summed E-state index contributed by atoms with van der Waals surface area (Å²) in [4.78, 5) is 64.5. The molecule has 4 aromatic rings. The van der Waals surface area contributed by atoms with Crippen LogP contribution in [0.4, 0.5) is 0 Å². The van der Waals surface area contributed by atoms with Crippen LogP contribution in [-0.4, -0.2) is 187 Å². The number of phenolic OH excluding ortho intramolecular Hbond substituents is 2. The van der Waals surface area contributed by atoms with Crippen molar-refractivity contribution in [3.05, 3.63) is 81.9 Å². The maximum absolute atomic E-state index is 13.9. The Labute approximate surface area is 501 Å². The van der Waals surface area contributed by atoms with Gasteiger partial charge in [0.2, 0.25) is 36.9 Å². The molecule has 0 saturated carbocycles. The first-order chi connectivity index (χ1) is 41.9. The number of piperazine rings is 2. The zero-order valence-corrected chi connectivity index (χ0v) is 49.6. The highest BCUT2D eigenvalue weighted by Crippen LogP contribution is 2.58. The summed E-state index contributed by atoms with van der Waals surface area (Å²) in [6, 6.07) is 13.5. The van der Waals surface area contributed by atoms with Gasteiger partial charge in [-0.3, -0.25) is 29.0 Å². The van der Waals surface area contributed by atoms with E-state index in [-0.39, 0.29) is 110 Å². The van der Waals surface area contributed by atoms with Crippen molar-refractivity contribution in [1.82, 2.24) is 30.2 Å². The standard InChI is InChI=1S/C64H80N6O16/c1-77-49-23-37(24-50(78-2)61(49)73)55-39-27-45-47(85-35-83-45)29-41(39)59(43-33-81-63(75)57(43)55)65-53(71)31-69-19-15-67(16-20-69)13-11-9-7-5-6-8-10-12-14-68-17-21-70(22-18-68)32-54(72)66-60-42-30-48-46(84-36-86-48)28-40(42)56(58-44(60)34-82-64(58)76)38-25-51(79-3)62(74)52(26-38)80-4/h23-30,43-44,55-60,73-74H,5-22,31-36H2,1-4H3,(H,65,71)(H,66,72)/t43-,44-,55+,56+,57-,58-,59+,60+/m0/s1. The fraction of sp³-hybridized carbons (Fsp3) is 0.562. The molecule has 6 aliphatic heterocycles. The van der Waals surface area contributed by atoms with Gasteiger partial charge in [-0.1, -0.05) is 38.5 Å². The Morgan fingerprint density at radius 2 is 0.767 bits per heavy atom. The maximum atomic E-state index is 13.9. The highest BCUT2D eigenvalue weighted by molar-refractivity contribution is 5.83. The molecule has 22 nitrogen and oxygen atoms in total. The number of carbonyl (C=O) groups is 4. The molecule has 0 aromatic heterocycles. The third kappa shape index (κ3) is 11.9. The molecule has 4 saturated heterocycles. The van der Waals surface area contributed by atoms with E-state index in [1.165, 1.54) is 67.0 Å². The van der Waals surface area contributed by atoms with Gasteiger partial charge < -0.3 is 78.0 Å². The Balaban J connectivity index is 0.538. The molecule has 0 bridgehead atoms. The summed E-state index contributed by atoms with van der Waals surface area (Å²) in [7, 11) is 5.86. The number of methoxy groups -OCH3 is 4. The monoisotopic (exact) mass is 1190 g/mol. The van der Waals surface area contributed by atoms with Crippen LogP contribution in [0.2, 0.25) is 0 Å². The van der Waals surface area contributed by atoms with Crippen molar-refractivity contribution >= 4 is 23.8 Å². The number of carbonyl (C=O) groups excluding carboxylic acids is 4. The number of rotatable bonds is 23. The maximum Gasteiger partial charge on any atom is 0.310 e. The Hall–Kier alpha value is -7.40. The van der Waals surface area contributed by atoms with Crippen molar-refractivity contribution in [3.8, 4) is 57.5 Å². The molecule has 86 heavy (non-hydrogen) atoms. The lowest BCUT2D eigenvalue weighted by Gasteiger charge is -2.40. The summed E-state index contributed by atoms with van der Waals surface area (Å²) in [5.41, 5.74) is 4.69. The fourth-order valence-electron chi connectivity index (χ4n) is 14.6. The Kier molecular flexibility index (Phi) is 17.8. The van der Waals surface area contributed by atoms with Gasteiger partial charge in [-0.15, -0.1) is 0 Å². The SMILES string of the molecule is COc1cc([C@@H]2c3cc4c(cc3[C@@H](NC(=O)CN3CCN(CCCCCCCCCCN5CCN(CC(=O)N[C@@H]6c7cc8c(cc7[C@@H](c7cc(OC)c(O)c(OC)c7)[C@H]7C(=O)OC[C@@H]76)OCO8)CC5)CC3)[C@H]3COC(=O)[C@H]23)OCO4)cc(OC)c1O. The largest absolute Gasteiger partial charge is 0.502 e. The lowest BCUT2D eigenvalue weighted by molar-refractivity contribution is -0.142. The molecule has 0 spiro atoms. The van der Waals surface area contributed by atoms with Crippen LogP contribution in [0.3, 0.4) is 0 Å². The van der Waals surface area contributed by atoms with Crippen molar-refractivity contribution in [2.24, 2.45) is 23.7 Å². The number of fused-ring (bicyclic) bond motifs is 6. The van der Waals surface area contributed by atoms with Crippen LogP contribution < -0.4 is 48.5 Å². The minimum atomic E-state index is -0.620. The summed E-state index contributed by atoms with van der Waals surface area (Å²) in [5, 5.41) is 28.1. The fourth-order valence-corrected chi connectivity index (χ4v) is 14.6. The summed E-state index contributed by atoms with van der Waals surface area (Å²) in [6.45, 7) is 9.90. The van der Waals surface area contributed by atoms with E-state index in [4.69, 9.17) is 47.4 Å². The van der Waals surface area contributed by atoms with E-state index in [2.05, 4.69) is 30.2 Å². The van der Waals surface area contributed by atoms with Gasteiger partial charge in [0.15, 0.2) is 46.0 Å². The topological polar surface area (TPSA) is 238 Å². The number of hydrogen-bond acceptors (Lipinski definition) is 20. The van der Waals surface area contributed by atoms with Crippen LogP contribution in [0.5, 0.6) is 57.5 Å². The highest BCUT2D eigenvalue weighted by Gasteiger charge is 2.55. The molecule has 0 unspecified atom stereocenters. The van der Waals surface area contributed by atoms with E-state index >= 15 is 0 Å². The Bertz CT molecular complexity index is 2910. The number of hydrogen-bond donors (Lipinski definition) is 4. The van der Waals surface area contributed by atoms with Gasteiger partial charge in [0.05, 0.1) is 78.7 Å². The van der Waals surface area contributed by atoms with Crippen LogP contribution in [0, 0.1) is 23.7 Å². The van der Waals surface area contributed by atoms with E-state index in [9.17, 15) is 29.4 Å². The lowest BCUT2D eigenvalue weighted by Crippen LogP contribution is -2.51. The minimum Gasteiger partial charge on any atom is -0.502 e. The molecular formula is C64H80N6O16. The molecular weight excluding hydrogens is 1110 g/mol. The van der Waals surface area contributed by atoms with Gasteiger partial charge in [0.25, 0.3) is 0 Å². The zero-order chi connectivity index (χ0) is 59.6. The molecule has 6 heterocycles. The minimum absolute atomic E-state index is 0.0718. The van der Waals surface area contributed by atoms with E-state index in [1.807, 2.05) is 24.3 Å². The predicted octanol–water partition coefficient (Wildman–Crippen LogP) is 5.83. The first kappa shape index (κ1) is 59.0. The van der Waals surface area contributed by atoms with Gasteiger partial charge in [-0.2, -0.15) is 0 Å². The average Bonchev–Trinajstić information content (AvgIpc) is 3.71. The van der Waals surface area contributed by atoms with Crippen LogP contribution in [0.15, 0.2) is 48.5 Å². The van der Waals surface area contributed by atoms with E-state index < -0.39 is 35.8 Å². The molecule has 22 heteroatoms. The molecule has 462 valence electrons. The number of amides is 2. The molecule has 8 atom stereocenters. The summed E-state index contributed by atoms with van der Waals surface area (Å²) >= 11 is 0. The number of phenols is 2. The lowest BCUT2D eigenvalue weighted by atomic mass is 9.65. The molecule has 2 amide bonds. The van der Waals surface area contributed by atoms with Crippen LogP contribution in [0.25, 0.3) is 0 Å². The quantitative estimate of drug-likeness (QED) is 0.0505. The molecule has 0 radical (unpaired) electrons. The van der Waals surface area contributed by atoms with Crippen molar-refractivity contribution in [1.29, 1.82) is 0 Å². The number of nitrogens with zero attached hydrogens (tertiary/aromatic N) is 4. The summed E-state index contributed by atoms with van der Waals surface area (Å²) in [5.74, 6) is -0.969. The zero-order valence-electron chi connectivity index (χ0n) is 49.6. The van der Waals surface area contributed by atoms with Gasteiger partial charge >= 0.3 is 11.9 Å². The number of ether oxygens (including phenoxy) is 10. The third-order valence-corrected chi connectivity index (χ3v) is 19.1. The second-order valence-electron chi connectivity index (χ2n) is 24.0. The number of cyclic esters (lactones) is 2. The molecule has 8 aliphatic rings. The normalized spacial score (nSPS) is 24.9. The number of unbranched alkanes of at least 4 members (excludes halogenated alkanes) is 7. The second kappa shape index (κ2) is 25.9. The Morgan fingerprint density at radius 1 is 0.453 bits per heavy atom. The van der Waals surface area contributed by atoms with Gasteiger partial charge in [-0.25, -0.2) is 0 Å². The second-order valence-corrected chi connectivity index (χ2v) is 24.0. The van der Waals surface area contributed by atoms with Crippen molar-refractivity contribution < 1.29 is 76.8 Å². The smallest absolute Gasteiger partial charge is 0.310 e. The van der Waals surface area contributed by atoms with Crippen LogP contribution >= 0.6 is 0 Å². The van der Waals surface area contributed by atoms with Crippen molar-refractivity contribution in [3.63, 3.8) is 0 Å². The van der Waals surface area contributed by atoms with Gasteiger partial charge in [0, 0.05) is 76.0 Å². The third-order valence-electron chi connectivity index (χ3n) is 19.1. The number of aromatic hydroxyl groups is 2. The van der Waals surface area contributed by atoms with Gasteiger partial charge in [0.1, 0.15) is 0 Å². The highest BCUT2D eigenvalue weighted by atomic mass is 16.7. The van der Waals surface area contributed by atoms with Crippen LogP contribution in [-0.2, 0) is 28.7 Å². The van der Waals surface area contributed by atoms with Crippen LogP contribution in [0.1, 0.15) is 109 Å². The number of benzene rings is 4. The predicted molar refractivity (Wildman–Crippen MR) is 312 cm³/mol.